The van der Waals surface area contributed by atoms with Crippen LogP contribution in [0, 0.1) is 0 Å². The van der Waals surface area contributed by atoms with Gasteiger partial charge in [-0.1, -0.05) is 0 Å². The van der Waals surface area contributed by atoms with Crippen molar-refractivity contribution in [2.24, 2.45) is 0 Å². The number of halogens is 2. The Morgan fingerprint density at radius 3 is 1.52 bits per heavy atom. The molecule has 2 nitrogen and oxygen atoms in total. The van der Waals surface area contributed by atoms with Gasteiger partial charge in [-0.15, -0.1) is 0 Å². The fourth-order valence-electron chi connectivity index (χ4n) is 4.14. The topological polar surface area (TPSA) is 29.5 Å². The zero-order valence-corrected chi connectivity index (χ0v) is 21.1. The summed E-state index contributed by atoms with van der Waals surface area (Å²) in [5.74, 6) is 0.623. The van der Waals surface area contributed by atoms with Crippen LogP contribution in [0.5, 0.6) is 11.5 Å². The Labute approximate surface area is 199 Å². The van der Waals surface area contributed by atoms with Gasteiger partial charge < -0.3 is 0 Å². The van der Waals surface area contributed by atoms with Crippen molar-refractivity contribution < 1.29 is 9.84 Å². The summed E-state index contributed by atoms with van der Waals surface area (Å²) in [4.78, 5) is 0. The molecule has 0 atom stereocenters. The van der Waals surface area contributed by atoms with Gasteiger partial charge in [-0.25, -0.2) is 0 Å². The van der Waals surface area contributed by atoms with Crippen LogP contribution in [0.25, 0.3) is 0 Å². The Hall–Kier alpha value is -2.13. The van der Waals surface area contributed by atoms with Crippen molar-refractivity contribution in [3.63, 3.8) is 0 Å². The second-order valence-corrected chi connectivity index (χ2v) is 17.2. The van der Waals surface area contributed by atoms with Gasteiger partial charge in [0, 0.05) is 0 Å². The number of hydrogen-bond acceptors (Lipinski definition) is 2. The molecule has 0 fully saturated rings. The molecule has 4 aromatic carbocycles. The zero-order chi connectivity index (χ0) is 21.9. The number of ether oxygens (including phenoxy) is 1. The van der Waals surface area contributed by atoms with Gasteiger partial charge in [-0.2, -0.15) is 0 Å². The van der Waals surface area contributed by atoms with Gasteiger partial charge in [0.15, 0.2) is 0 Å². The van der Waals surface area contributed by atoms with Crippen LogP contribution in [0.15, 0.2) is 108 Å². The van der Waals surface area contributed by atoms with Crippen molar-refractivity contribution >= 4 is 52.6 Å². The van der Waals surface area contributed by atoms with Gasteiger partial charge in [0.25, 0.3) is 0 Å². The molecule has 4 aromatic rings. The number of hydrogen-bond donors (Lipinski definition) is 1. The first-order valence-electron chi connectivity index (χ1n) is 9.93. The van der Waals surface area contributed by atoms with E-state index in [2.05, 4.69) is 104 Å². The van der Waals surface area contributed by atoms with Gasteiger partial charge in [-0.3, -0.25) is 0 Å². The Kier molecular flexibility index (Phi) is 6.25. The van der Waals surface area contributed by atoms with Crippen molar-refractivity contribution in [2.75, 3.05) is 7.11 Å². The number of aromatic hydroxyl groups is 1. The predicted molar refractivity (Wildman–Crippen MR) is 140 cm³/mol. The molecule has 0 saturated carbocycles. The summed E-state index contributed by atoms with van der Waals surface area (Å²) in [6, 6.07) is 35.3. The van der Waals surface area contributed by atoms with Crippen LogP contribution in [-0.4, -0.2) is 12.2 Å². The Balaban J connectivity index is 2.13. The minimum atomic E-state index is -3.22. The molecule has 158 valence electrons. The first-order valence-corrected chi connectivity index (χ1v) is 15.2. The standard InChI is InChI=1S/C26H23Br2O2P/c1-30-25-18-17-24(27)23(26(25)29)19-31(28,20-11-5-2-6-12-20,21-13-7-3-8-14-21)22-15-9-4-10-16-22/h2-18,29H,19H2,1H3. The van der Waals surface area contributed by atoms with E-state index in [0.717, 1.165) is 10.0 Å². The summed E-state index contributed by atoms with van der Waals surface area (Å²) in [6.07, 6.45) is 0.577. The van der Waals surface area contributed by atoms with Gasteiger partial charge >= 0.3 is 200 Å². The molecule has 0 amide bonds. The molecule has 0 saturated heterocycles. The molecule has 0 aliphatic carbocycles. The van der Waals surface area contributed by atoms with Crippen molar-refractivity contribution in [1.82, 2.24) is 0 Å². The first-order chi connectivity index (χ1) is 15.0. The van der Waals surface area contributed by atoms with Crippen LogP contribution >= 0.6 is 36.7 Å². The van der Waals surface area contributed by atoms with Gasteiger partial charge in [0.2, 0.25) is 0 Å². The van der Waals surface area contributed by atoms with E-state index in [4.69, 9.17) is 4.74 Å². The fourth-order valence-corrected chi connectivity index (χ4v) is 12.4. The molecular formula is C26H23Br2O2P. The fraction of sp³-hybridized carbons (Fsp3) is 0.0769. The predicted octanol–water partition coefficient (Wildman–Crippen LogP) is 6.50. The molecule has 0 aliphatic heterocycles. The maximum atomic E-state index is 11.1. The average Bonchev–Trinajstić information content (AvgIpc) is 2.83. The van der Waals surface area contributed by atoms with E-state index >= 15 is 0 Å². The average molecular weight is 558 g/mol. The number of benzene rings is 4. The molecule has 5 heteroatoms. The van der Waals surface area contributed by atoms with E-state index in [9.17, 15) is 5.11 Å². The zero-order valence-electron chi connectivity index (χ0n) is 17.1. The van der Waals surface area contributed by atoms with Crippen LogP contribution in [0.1, 0.15) is 5.56 Å². The molecule has 0 unspecified atom stereocenters. The Morgan fingerprint density at radius 2 is 1.13 bits per heavy atom. The molecule has 0 spiro atoms. The van der Waals surface area contributed by atoms with E-state index in [0.29, 0.717) is 11.9 Å². The summed E-state index contributed by atoms with van der Waals surface area (Å²) >= 11 is 8.12. The van der Waals surface area contributed by atoms with E-state index in [1.54, 1.807) is 13.2 Å². The van der Waals surface area contributed by atoms with E-state index in [-0.39, 0.29) is 5.75 Å². The quantitative estimate of drug-likeness (QED) is 0.274. The Bertz CT molecular complexity index is 1080. The second kappa shape index (κ2) is 8.78. The second-order valence-electron chi connectivity index (χ2n) is 7.42. The SMILES string of the molecule is COc1ccc(Br)c(CP(Br)(c2ccccc2)(c2ccccc2)c2ccccc2)c1O. The molecule has 0 aliphatic rings. The minimum absolute atomic E-state index is 0.160. The number of methoxy groups -OCH3 is 1. The third-order valence-corrected chi connectivity index (χ3v) is 16.0. The summed E-state index contributed by atoms with van der Waals surface area (Å²) in [5, 5.41) is 11.5. The maximum absolute atomic E-state index is 11.1. The van der Waals surface area contributed by atoms with E-state index < -0.39 is 5.31 Å². The van der Waals surface area contributed by atoms with Crippen LogP contribution in [0.2, 0.25) is 0 Å². The van der Waals surface area contributed by atoms with E-state index in [1.165, 1.54) is 15.9 Å². The third kappa shape index (κ3) is 3.71. The van der Waals surface area contributed by atoms with Crippen molar-refractivity contribution in [1.29, 1.82) is 0 Å². The van der Waals surface area contributed by atoms with E-state index in [1.807, 2.05) is 24.3 Å². The molecule has 4 rings (SSSR count). The Morgan fingerprint density at radius 1 is 0.710 bits per heavy atom. The molecule has 1 N–H and O–H groups in total. The van der Waals surface area contributed by atoms with Crippen LogP contribution in [0.3, 0.4) is 0 Å². The summed E-state index contributed by atoms with van der Waals surface area (Å²) < 4.78 is 6.28. The van der Waals surface area contributed by atoms with Crippen LogP contribution < -0.4 is 20.7 Å². The first kappa shape index (κ1) is 22.1. The number of phenolic OH excluding ortho intramolecular Hbond substituents is 1. The van der Waals surface area contributed by atoms with Gasteiger partial charge in [0.1, 0.15) is 0 Å². The van der Waals surface area contributed by atoms with Crippen molar-refractivity contribution in [3.05, 3.63) is 113 Å². The molecule has 0 aromatic heterocycles. The third-order valence-electron chi connectivity index (χ3n) is 5.75. The summed E-state index contributed by atoms with van der Waals surface area (Å²) in [7, 11) is 1.58. The summed E-state index contributed by atoms with van der Waals surface area (Å²) in [6.45, 7) is 0. The summed E-state index contributed by atoms with van der Waals surface area (Å²) in [5.41, 5.74) is 0.811. The molecule has 0 bridgehead atoms. The molecule has 31 heavy (non-hydrogen) atoms. The molecule has 0 radical (unpaired) electrons. The normalized spacial score (nSPS) is 12.7. The molecule has 0 heterocycles. The number of rotatable bonds is 6. The van der Waals surface area contributed by atoms with Gasteiger partial charge in [-0.05, 0) is 0 Å². The van der Waals surface area contributed by atoms with Crippen LogP contribution in [-0.2, 0) is 6.16 Å². The van der Waals surface area contributed by atoms with Crippen molar-refractivity contribution in [3.8, 4) is 11.5 Å². The van der Waals surface area contributed by atoms with Crippen LogP contribution in [0.4, 0.5) is 0 Å². The van der Waals surface area contributed by atoms with Crippen molar-refractivity contribution in [2.45, 2.75) is 6.16 Å². The number of phenols is 1. The monoisotopic (exact) mass is 556 g/mol. The van der Waals surface area contributed by atoms with Gasteiger partial charge in [0.05, 0.1) is 0 Å². The molecular weight excluding hydrogens is 535 g/mol.